The Labute approximate surface area is 106 Å². The van der Waals surface area contributed by atoms with Gasteiger partial charge in [-0.05, 0) is 32.6 Å². The van der Waals surface area contributed by atoms with E-state index >= 15 is 0 Å². The highest BCUT2D eigenvalue weighted by Gasteiger charge is 2.38. The van der Waals surface area contributed by atoms with Crippen LogP contribution in [0.25, 0.3) is 0 Å². The minimum absolute atomic E-state index is 0.160. The molecule has 3 nitrogen and oxygen atoms in total. The minimum atomic E-state index is 0.160. The van der Waals surface area contributed by atoms with Crippen molar-refractivity contribution in [2.75, 3.05) is 19.6 Å². The van der Waals surface area contributed by atoms with Crippen molar-refractivity contribution < 1.29 is 4.79 Å². The molecule has 100 valence electrons. The topological polar surface area (TPSA) is 32.3 Å². The molecule has 0 aromatic rings. The van der Waals surface area contributed by atoms with E-state index in [0.717, 1.165) is 19.6 Å². The van der Waals surface area contributed by atoms with Crippen molar-refractivity contribution in [1.29, 1.82) is 0 Å². The van der Waals surface area contributed by atoms with Gasteiger partial charge in [-0.15, -0.1) is 0 Å². The molecule has 1 rings (SSSR count). The van der Waals surface area contributed by atoms with Crippen LogP contribution in [0.3, 0.4) is 0 Å². The molecule has 17 heavy (non-hydrogen) atoms. The van der Waals surface area contributed by atoms with Crippen LogP contribution in [0.4, 0.5) is 0 Å². The lowest BCUT2D eigenvalue weighted by molar-refractivity contribution is -0.125. The van der Waals surface area contributed by atoms with E-state index in [1.165, 1.54) is 0 Å². The van der Waals surface area contributed by atoms with Gasteiger partial charge >= 0.3 is 0 Å². The van der Waals surface area contributed by atoms with Crippen molar-refractivity contribution >= 4 is 5.91 Å². The number of hydrogen-bond acceptors (Lipinski definition) is 2. The van der Waals surface area contributed by atoms with Crippen LogP contribution in [-0.2, 0) is 4.79 Å². The molecule has 0 spiro atoms. The summed E-state index contributed by atoms with van der Waals surface area (Å²) in [6.45, 7) is 15.8. The van der Waals surface area contributed by atoms with Crippen LogP contribution in [-0.4, -0.2) is 36.0 Å². The number of nitrogens with one attached hydrogen (secondary N) is 1. The highest BCUT2D eigenvalue weighted by molar-refractivity contribution is 5.79. The van der Waals surface area contributed by atoms with Crippen molar-refractivity contribution in [2.45, 2.75) is 47.1 Å². The number of hydrogen-bond donors (Lipinski definition) is 1. The third kappa shape index (κ3) is 3.98. The minimum Gasteiger partial charge on any atom is -0.356 e. The molecule has 1 fully saturated rings. The van der Waals surface area contributed by atoms with Gasteiger partial charge in [0.2, 0.25) is 5.91 Å². The van der Waals surface area contributed by atoms with Gasteiger partial charge in [0.25, 0.3) is 0 Å². The highest BCUT2D eigenvalue weighted by atomic mass is 16.1. The largest absolute Gasteiger partial charge is 0.356 e. The Hall–Kier alpha value is -0.570. The van der Waals surface area contributed by atoms with Gasteiger partial charge < -0.3 is 5.32 Å². The summed E-state index contributed by atoms with van der Waals surface area (Å²) >= 11 is 0. The average molecular weight is 240 g/mol. The highest BCUT2D eigenvalue weighted by Crippen LogP contribution is 2.28. The van der Waals surface area contributed by atoms with Gasteiger partial charge in [0, 0.05) is 25.2 Å². The fourth-order valence-electron chi connectivity index (χ4n) is 2.29. The average Bonchev–Trinajstić information content (AvgIpc) is 2.56. The molecular weight excluding hydrogens is 212 g/mol. The van der Waals surface area contributed by atoms with Gasteiger partial charge in [0.05, 0.1) is 5.92 Å². The summed E-state index contributed by atoms with van der Waals surface area (Å²) in [6, 6.07) is 0. The van der Waals surface area contributed by atoms with Gasteiger partial charge in [-0.1, -0.05) is 20.8 Å². The molecule has 1 saturated heterocycles. The maximum absolute atomic E-state index is 12.1. The summed E-state index contributed by atoms with van der Waals surface area (Å²) < 4.78 is 0. The van der Waals surface area contributed by atoms with Crippen molar-refractivity contribution in [3.63, 3.8) is 0 Å². The molecule has 0 aliphatic carbocycles. The van der Waals surface area contributed by atoms with Crippen LogP contribution < -0.4 is 5.32 Å². The van der Waals surface area contributed by atoms with Crippen LogP contribution in [0.5, 0.6) is 0 Å². The van der Waals surface area contributed by atoms with Gasteiger partial charge in [0.1, 0.15) is 0 Å². The molecule has 1 heterocycles. The molecule has 0 bridgehead atoms. The number of nitrogens with zero attached hydrogens (tertiary/aromatic N) is 1. The lowest BCUT2D eigenvalue weighted by atomic mass is 9.97. The molecule has 0 aromatic carbocycles. The lowest BCUT2D eigenvalue weighted by Gasteiger charge is -2.31. The Kier molecular flexibility index (Phi) is 4.59. The number of carbonyl (C=O) groups is 1. The van der Waals surface area contributed by atoms with Gasteiger partial charge in [-0.2, -0.15) is 0 Å². The summed E-state index contributed by atoms with van der Waals surface area (Å²) in [7, 11) is 0. The summed E-state index contributed by atoms with van der Waals surface area (Å²) in [5.41, 5.74) is 0.168. The predicted octanol–water partition coefficient (Wildman–Crippen LogP) is 2.12. The lowest BCUT2D eigenvalue weighted by Crippen LogP contribution is -2.41. The first-order chi connectivity index (χ1) is 7.71. The monoisotopic (exact) mass is 240 g/mol. The second-order valence-corrected chi connectivity index (χ2v) is 6.80. The normalized spacial score (nSPS) is 26.5. The van der Waals surface area contributed by atoms with Crippen molar-refractivity contribution in [2.24, 2.45) is 17.8 Å². The summed E-state index contributed by atoms with van der Waals surface area (Å²) in [4.78, 5) is 14.5. The first-order valence-electron chi connectivity index (χ1n) is 6.74. The zero-order chi connectivity index (χ0) is 13.2. The van der Waals surface area contributed by atoms with Crippen LogP contribution in [0.1, 0.15) is 41.5 Å². The van der Waals surface area contributed by atoms with Gasteiger partial charge in [0.15, 0.2) is 0 Å². The van der Waals surface area contributed by atoms with Crippen molar-refractivity contribution in [3.8, 4) is 0 Å². The molecule has 0 radical (unpaired) electrons. The van der Waals surface area contributed by atoms with Crippen LogP contribution in [0.2, 0.25) is 0 Å². The molecular formula is C14H28N2O. The molecule has 1 amide bonds. The fourth-order valence-corrected chi connectivity index (χ4v) is 2.29. The molecule has 1 N–H and O–H groups in total. The number of amides is 1. The zero-order valence-electron chi connectivity index (χ0n) is 12.2. The third-order valence-corrected chi connectivity index (χ3v) is 3.58. The van der Waals surface area contributed by atoms with E-state index in [0.29, 0.717) is 11.8 Å². The van der Waals surface area contributed by atoms with E-state index in [-0.39, 0.29) is 17.4 Å². The Balaban J connectivity index is 2.53. The predicted molar refractivity (Wildman–Crippen MR) is 71.8 cm³/mol. The SMILES string of the molecule is CC(C)CNC(=O)[C@@H]1CN(C(C)(C)C)C[C@@H]1C. The molecule has 0 unspecified atom stereocenters. The van der Waals surface area contributed by atoms with E-state index in [4.69, 9.17) is 0 Å². The second-order valence-electron chi connectivity index (χ2n) is 6.80. The van der Waals surface area contributed by atoms with Crippen molar-refractivity contribution in [3.05, 3.63) is 0 Å². The Morgan fingerprint density at radius 1 is 1.35 bits per heavy atom. The van der Waals surface area contributed by atoms with E-state index < -0.39 is 0 Å². The van der Waals surface area contributed by atoms with E-state index in [1.54, 1.807) is 0 Å². The molecule has 1 aliphatic heterocycles. The van der Waals surface area contributed by atoms with Gasteiger partial charge in [-0.3, -0.25) is 9.69 Å². The summed E-state index contributed by atoms with van der Waals surface area (Å²) in [5, 5.41) is 3.06. The molecule has 0 aromatic heterocycles. The maximum atomic E-state index is 12.1. The molecule has 3 heteroatoms. The quantitative estimate of drug-likeness (QED) is 0.819. The standard InChI is InChI=1S/C14H28N2O/c1-10(2)7-15-13(17)12-9-16(8-11(12)3)14(4,5)6/h10-12H,7-9H2,1-6H3,(H,15,17)/t11-,12+/m0/s1. The summed E-state index contributed by atoms with van der Waals surface area (Å²) in [6.07, 6.45) is 0. The first kappa shape index (κ1) is 14.5. The number of carbonyl (C=O) groups excluding carboxylic acids is 1. The van der Waals surface area contributed by atoms with Gasteiger partial charge in [-0.25, -0.2) is 0 Å². The Morgan fingerprint density at radius 2 is 1.94 bits per heavy atom. The third-order valence-electron chi connectivity index (χ3n) is 3.58. The molecule has 1 aliphatic rings. The Bertz CT molecular complexity index is 268. The molecule has 2 atom stereocenters. The molecule has 0 saturated carbocycles. The number of likely N-dealkylation sites (tertiary alicyclic amines) is 1. The van der Waals surface area contributed by atoms with Crippen LogP contribution in [0, 0.1) is 17.8 Å². The summed E-state index contributed by atoms with van der Waals surface area (Å²) in [5.74, 6) is 1.38. The Morgan fingerprint density at radius 3 is 2.35 bits per heavy atom. The zero-order valence-corrected chi connectivity index (χ0v) is 12.2. The van der Waals surface area contributed by atoms with Crippen molar-refractivity contribution in [1.82, 2.24) is 10.2 Å². The van der Waals surface area contributed by atoms with Crippen LogP contribution >= 0.6 is 0 Å². The fraction of sp³-hybridized carbons (Fsp3) is 0.929. The van der Waals surface area contributed by atoms with Crippen LogP contribution in [0.15, 0.2) is 0 Å². The van der Waals surface area contributed by atoms with E-state index in [1.807, 2.05) is 0 Å². The maximum Gasteiger partial charge on any atom is 0.224 e. The number of rotatable bonds is 3. The second kappa shape index (κ2) is 5.38. The van der Waals surface area contributed by atoms with E-state index in [9.17, 15) is 4.79 Å². The van der Waals surface area contributed by atoms with E-state index in [2.05, 4.69) is 51.8 Å². The smallest absolute Gasteiger partial charge is 0.224 e. The first-order valence-corrected chi connectivity index (χ1v) is 6.74.